The first-order valence-corrected chi connectivity index (χ1v) is 4.50. The van der Waals surface area contributed by atoms with Crippen LogP contribution in [-0.4, -0.2) is 16.1 Å². The highest BCUT2D eigenvalue weighted by Crippen LogP contribution is 2.04. The molecule has 1 aromatic rings. The van der Waals surface area contributed by atoms with E-state index in [9.17, 15) is 0 Å². The lowest BCUT2D eigenvalue weighted by molar-refractivity contribution is 0.672. The van der Waals surface area contributed by atoms with Crippen molar-refractivity contribution < 1.29 is 0 Å². The third kappa shape index (κ3) is 2.08. The fourth-order valence-corrected chi connectivity index (χ4v) is 1.33. The normalized spacial score (nSPS) is 10.6. The molecular formula is C9H17N3. The lowest BCUT2D eigenvalue weighted by Crippen LogP contribution is -2.05. The van der Waals surface area contributed by atoms with Gasteiger partial charge in [0.1, 0.15) is 5.82 Å². The van der Waals surface area contributed by atoms with Crippen molar-refractivity contribution in [2.45, 2.75) is 33.2 Å². The first kappa shape index (κ1) is 9.26. The summed E-state index contributed by atoms with van der Waals surface area (Å²) in [5, 5.41) is 0. The average molecular weight is 167 g/mol. The third-order valence-corrected chi connectivity index (χ3v) is 1.92. The molecule has 3 nitrogen and oxygen atoms in total. The van der Waals surface area contributed by atoms with Gasteiger partial charge in [-0.05, 0) is 26.8 Å². The Morgan fingerprint density at radius 2 is 2.33 bits per heavy atom. The number of nitrogens with zero attached hydrogens (tertiary/aromatic N) is 2. The zero-order valence-electron chi connectivity index (χ0n) is 7.88. The van der Waals surface area contributed by atoms with Crippen LogP contribution in [0.4, 0.5) is 0 Å². The second-order valence-corrected chi connectivity index (χ2v) is 2.98. The summed E-state index contributed by atoms with van der Waals surface area (Å²) in [5.41, 5.74) is 6.54. The first-order chi connectivity index (χ1) is 5.77. The van der Waals surface area contributed by atoms with Crippen LogP contribution < -0.4 is 5.73 Å². The molecular weight excluding hydrogens is 150 g/mol. The summed E-state index contributed by atoms with van der Waals surface area (Å²) in [6.07, 6.45) is 4.11. The lowest BCUT2D eigenvalue weighted by atomic mass is 10.3. The Morgan fingerprint density at radius 3 is 2.92 bits per heavy atom. The van der Waals surface area contributed by atoms with Crippen molar-refractivity contribution in [1.29, 1.82) is 0 Å². The number of nitrogens with two attached hydrogens (primary N) is 1. The molecule has 2 N–H and O–H groups in total. The van der Waals surface area contributed by atoms with Crippen LogP contribution in [0.2, 0.25) is 0 Å². The molecule has 68 valence electrons. The van der Waals surface area contributed by atoms with Crippen molar-refractivity contribution in [3.05, 3.63) is 17.7 Å². The van der Waals surface area contributed by atoms with E-state index < -0.39 is 0 Å². The molecule has 0 saturated carbocycles. The maximum absolute atomic E-state index is 5.44. The maximum Gasteiger partial charge on any atom is 0.108 e. The monoisotopic (exact) mass is 167 g/mol. The fourth-order valence-electron chi connectivity index (χ4n) is 1.33. The standard InChI is InChI=1S/C9H17N3/c1-3-12-7-8(2)11-9(12)5-4-6-10/h7H,3-6,10H2,1-2H3. The minimum Gasteiger partial charge on any atom is -0.335 e. The number of rotatable bonds is 4. The van der Waals surface area contributed by atoms with E-state index in [1.54, 1.807) is 0 Å². The molecule has 0 atom stereocenters. The fraction of sp³-hybridized carbons (Fsp3) is 0.667. The van der Waals surface area contributed by atoms with Crippen LogP contribution in [0.3, 0.4) is 0 Å². The molecule has 0 radical (unpaired) electrons. The minimum atomic E-state index is 0.746. The molecule has 0 unspecified atom stereocenters. The van der Waals surface area contributed by atoms with Crippen LogP contribution in [0.25, 0.3) is 0 Å². The molecule has 0 aliphatic rings. The van der Waals surface area contributed by atoms with E-state index in [0.29, 0.717) is 0 Å². The van der Waals surface area contributed by atoms with E-state index >= 15 is 0 Å². The van der Waals surface area contributed by atoms with Gasteiger partial charge in [0, 0.05) is 19.2 Å². The topological polar surface area (TPSA) is 43.8 Å². The lowest BCUT2D eigenvalue weighted by Gasteiger charge is -2.02. The molecule has 0 aliphatic carbocycles. The zero-order chi connectivity index (χ0) is 8.97. The largest absolute Gasteiger partial charge is 0.335 e. The van der Waals surface area contributed by atoms with E-state index in [1.807, 2.05) is 6.92 Å². The van der Waals surface area contributed by atoms with Crippen molar-refractivity contribution in [3.63, 3.8) is 0 Å². The van der Waals surface area contributed by atoms with Crippen molar-refractivity contribution in [2.75, 3.05) is 6.54 Å². The second kappa shape index (κ2) is 4.26. The zero-order valence-corrected chi connectivity index (χ0v) is 7.88. The van der Waals surface area contributed by atoms with Gasteiger partial charge in [0.15, 0.2) is 0 Å². The summed E-state index contributed by atoms with van der Waals surface area (Å²) in [7, 11) is 0. The van der Waals surface area contributed by atoms with Crippen LogP contribution in [-0.2, 0) is 13.0 Å². The van der Waals surface area contributed by atoms with Crippen LogP contribution >= 0.6 is 0 Å². The van der Waals surface area contributed by atoms with Crippen LogP contribution in [0.1, 0.15) is 24.9 Å². The summed E-state index contributed by atoms with van der Waals surface area (Å²) in [5.74, 6) is 1.17. The molecule has 0 aliphatic heterocycles. The van der Waals surface area contributed by atoms with Crippen molar-refractivity contribution in [2.24, 2.45) is 5.73 Å². The van der Waals surface area contributed by atoms with E-state index in [4.69, 9.17) is 5.73 Å². The van der Waals surface area contributed by atoms with E-state index in [-0.39, 0.29) is 0 Å². The predicted octanol–water partition coefficient (Wildman–Crippen LogP) is 1.10. The summed E-state index contributed by atoms with van der Waals surface area (Å²) in [6, 6.07) is 0. The van der Waals surface area contributed by atoms with Gasteiger partial charge < -0.3 is 10.3 Å². The summed E-state index contributed by atoms with van der Waals surface area (Å²) < 4.78 is 2.19. The SMILES string of the molecule is CCn1cc(C)nc1CCCN. The highest BCUT2D eigenvalue weighted by Gasteiger charge is 2.02. The second-order valence-electron chi connectivity index (χ2n) is 2.98. The van der Waals surface area contributed by atoms with Gasteiger partial charge >= 0.3 is 0 Å². The molecule has 0 amide bonds. The van der Waals surface area contributed by atoms with Crippen LogP contribution in [0, 0.1) is 6.92 Å². The van der Waals surface area contributed by atoms with Gasteiger partial charge in [-0.1, -0.05) is 0 Å². The summed E-state index contributed by atoms with van der Waals surface area (Å²) in [6.45, 7) is 5.90. The minimum absolute atomic E-state index is 0.746. The number of imidazole rings is 1. The number of hydrogen-bond acceptors (Lipinski definition) is 2. The van der Waals surface area contributed by atoms with Crippen molar-refractivity contribution in [3.8, 4) is 0 Å². The van der Waals surface area contributed by atoms with Crippen molar-refractivity contribution in [1.82, 2.24) is 9.55 Å². The van der Waals surface area contributed by atoms with Gasteiger partial charge in [0.2, 0.25) is 0 Å². The predicted molar refractivity (Wildman–Crippen MR) is 50.0 cm³/mol. The Balaban J connectivity index is 2.68. The van der Waals surface area contributed by atoms with Crippen LogP contribution in [0.15, 0.2) is 6.20 Å². The van der Waals surface area contributed by atoms with Gasteiger partial charge in [0.05, 0.1) is 5.69 Å². The molecule has 0 spiro atoms. The number of aryl methyl sites for hydroxylation is 3. The third-order valence-electron chi connectivity index (χ3n) is 1.92. The highest BCUT2D eigenvalue weighted by molar-refractivity contribution is 5.02. The van der Waals surface area contributed by atoms with Gasteiger partial charge in [0.25, 0.3) is 0 Å². The molecule has 0 fully saturated rings. The molecule has 3 heteroatoms. The Bertz CT molecular complexity index is 240. The Morgan fingerprint density at radius 1 is 1.58 bits per heavy atom. The van der Waals surface area contributed by atoms with Crippen LogP contribution in [0.5, 0.6) is 0 Å². The Hall–Kier alpha value is -0.830. The molecule has 12 heavy (non-hydrogen) atoms. The summed E-state index contributed by atoms with van der Waals surface area (Å²) >= 11 is 0. The average Bonchev–Trinajstić information content (AvgIpc) is 2.42. The van der Waals surface area contributed by atoms with Crippen molar-refractivity contribution >= 4 is 0 Å². The molecule has 0 bridgehead atoms. The van der Waals surface area contributed by atoms with E-state index in [0.717, 1.165) is 31.6 Å². The molecule has 1 rings (SSSR count). The maximum atomic E-state index is 5.44. The molecule has 1 heterocycles. The van der Waals surface area contributed by atoms with E-state index in [1.165, 1.54) is 5.82 Å². The van der Waals surface area contributed by atoms with Gasteiger partial charge in [-0.3, -0.25) is 0 Å². The quantitative estimate of drug-likeness (QED) is 0.730. The smallest absolute Gasteiger partial charge is 0.108 e. The summed E-state index contributed by atoms with van der Waals surface area (Å²) in [4.78, 5) is 4.43. The van der Waals surface area contributed by atoms with E-state index in [2.05, 4.69) is 22.7 Å². The molecule has 0 saturated heterocycles. The van der Waals surface area contributed by atoms with Gasteiger partial charge in [-0.15, -0.1) is 0 Å². The number of aromatic nitrogens is 2. The first-order valence-electron chi connectivity index (χ1n) is 4.50. The molecule has 1 aromatic heterocycles. The Kier molecular flexibility index (Phi) is 3.29. The Labute approximate surface area is 73.6 Å². The highest BCUT2D eigenvalue weighted by atomic mass is 15.1. The van der Waals surface area contributed by atoms with Gasteiger partial charge in [-0.25, -0.2) is 4.98 Å². The van der Waals surface area contributed by atoms with Gasteiger partial charge in [-0.2, -0.15) is 0 Å². The molecule has 0 aromatic carbocycles. The number of hydrogen-bond donors (Lipinski definition) is 1.